The van der Waals surface area contributed by atoms with Gasteiger partial charge in [0.25, 0.3) is 0 Å². The summed E-state index contributed by atoms with van der Waals surface area (Å²) in [5.41, 5.74) is 1.34. The highest BCUT2D eigenvalue weighted by molar-refractivity contribution is 6.10. The Morgan fingerprint density at radius 3 is 2.36 bits per heavy atom. The summed E-state index contributed by atoms with van der Waals surface area (Å²) in [6.45, 7) is 5.33. The van der Waals surface area contributed by atoms with Gasteiger partial charge in [0.2, 0.25) is 0 Å². The van der Waals surface area contributed by atoms with Crippen LogP contribution in [0.15, 0.2) is 54.6 Å². The highest BCUT2D eigenvalue weighted by Gasteiger charge is 2.31. The molecule has 0 spiro atoms. The number of ketones is 1. The Bertz CT molecular complexity index is 705. The lowest BCUT2D eigenvalue weighted by Crippen LogP contribution is -2.55. The van der Waals surface area contributed by atoms with Gasteiger partial charge in [0.1, 0.15) is 18.4 Å². The van der Waals surface area contributed by atoms with Crippen LogP contribution < -0.4 is 4.74 Å². The molecule has 1 heterocycles. The predicted octanol–water partition coefficient (Wildman–Crippen LogP) is 4.32. The SMILES string of the molecule is CC(COc1ccccc1C(=O)c1ccccc1)[N+]1(C)CCCCC1. The normalized spacial score (nSPS) is 17.7. The van der Waals surface area contributed by atoms with Crippen LogP contribution in [0.4, 0.5) is 0 Å². The minimum absolute atomic E-state index is 0.0159. The van der Waals surface area contributed by atoms with Crippen molar-refractivity contribution >= 4 is 5.78 Å². The maximum Gasteiger partial charge on any atom is 0.196 e. The number of likely N-dealkylation sites (tertiary alicyclic amines) is 1. The fourth-order valence-electron chi connectivity index (χ4n) is 3.59. The Hall–Kier alpha value is -2.13. The van der Waals surface area contributed by atoms with E-state index in [2.05, 4.69) is 14.0 Å². The number of hydrogen-bond donors (Lipinski definition) is 0. The molecule has 1 unspecified atom stereocenters. The Balaban J connectivity index is 1.72. The molecule has 0 aromatic heterocycles. The van der Waals surface area contributed by atoms with E-state index in [9.17, 15) is 4.79 Å². The lowest BCUT2D eigenvalue weighted by atomic mass is 10.0. The van der Waals surface area contributed by atoms with E-state index in [0.717, 1.165) is 4.48 Å². The molecule has 1 aliphatic heterocycles. The molecule has 1 atom stereocenters. The first-order valence-electron chi connectivity index (χ1n) is 9.26. The van der Waals surface area contributed by atoms with Crippen LogP contribution in [0, 0.1) is 0 Å². The van der Waals surface area contributed by atoms with Gasteiger partial charge in [0.15, 0.2) is 5.78 Å². The molecule has 3 rings (SSSR count). The zero-order chi connectivity index (χ0) is 17.7. The van der Waals surface area contributed by atoms with Gasteiger partial charge in [-0.3, -0.25) is 4.79 Å². The van der Waals surface area contributed by atoms with Gasteiger partial charge >= 0.3 is 0 Å². The minimum atomic E-state index is 0.0159. The summed E-state index contributed by atoms with van der Waals surface area (Å²) >= 11 is 0. The molecule has 0 amide bonds. The minimum Gasteiger partial charge on any atom is -0.487 e. The zero-order valence-electron chi connectivity index (χ0n) is 15.3. The third-order valence-electron chi connectivity index (χ3n) is 5.55. The monoisotopic (exact) mass is 338 g/mol. The molecule has 0 aliphatic carbocycles. The smallest absolute Gasteiger partial charge is 0.196 e. The number of quaternary nitrogens is 1. The first-order valence-corrected chi connectivity index (χ1v) is 9.26. The summed E-state index contributed by atoms with van der Waals surface area (Å²) in [5, 5.41) is 0. The standard InChI is InChI=1S/C22H28NO2/c1-18(23(2)15-9-4-10-16-23)17-25-21-14-8-7-13-20(21)22(24)19-11-5-3-6-12-19/h3,5-8,11-14,18H,4,9-10,15-17H2,1-2H3/q+1. The lowest BCUT2D eigenvalue weighted by Gasteiger charge is -2.42. The summed E-state index contributed by atoms with van der Waals surface area (Å²) < 4.78 is 7.19. The molecule has 0 bridgehead atoms. The summed E-state index contributed by atoms with van der Waals surface area (Å²) in [7, 11) is 2.33. The van der Waals surface area contributed by atoms with Crippen molar-refractivity contribution in [2.45, 2.75) is 32.2 Å². The number of ether oxygens (including phenoxy) is 1. The van der Waals surface area contributed by atoms with Crippen LogP contribution in [-0.2, 0) is 0 Å². The van der Waals surface area contributed by atoms with Gasteiger partial charge in [-0.25, -0.2) is 0 Å². The number of benzene rings is 2. The number of hydrogen-bond acceptors (Lipinski definition) is 2. The molecule has 2 aromatic rings. The molecule has 0 N–H and O–H groups in total. The van der Waals surface area contributed by atoms with Crippen LogP contribution in [0.5, 0.6) is 5.75 Å². The maximum atomic E-state index is 12.8. The third-order valence-corrected chi connectivity index (χ3v) is 5.55. The third kappa shape index (κ3) is 4.10. The van der Waals surface area contributed by atoms with Crippen molar-refractivity contribution in [2.24, 2.45) is 0 Å². The van der Waals surface area contributed by atoms with Gasteiger partial charge in [-0.1, -0.05) is 42.5 Å². The Labute approximate surface area is 150 Å². The van der Waals surface area contributed by atoms with Crippen molar-refractivity contribution in [1.82, 2.24) is 0 Å². The quantitative estimate of drug-likeness (QED) is 0.579. The molecule has 132 valence electrons. The number of carbonyl (C=O) groups is 1. The van der Waals surface area contributed by atoms with Gasteiger partial charge in [-0.2, -0.15) is 0 Å². The number of piperidine rings is 1. The molecule has 1 saturated heterocycles. The van der Waals surface area contributed by atoms with E-state index < -0.39 is 0 Å². The van der Waals surface area contributed by atoms with Crippen LogP contribution in [-0.4, -0.2) is 43.1 Å². The summed E-state index contributed by atoms with van der Waals surface area (Å²) in [4.78, 5) is 12.8. The summed E-state index contributed by atoms with van der Waals surface area (Å²) in [6.07, 6.45) is 3.93. The zero-order valence-corrected chi connectivity index (χ0v) is 15.3. The maximum absolute atomic E-state index is 12.8. The van der Waals surface area contributed by atoms with Crippen molar-refractivity contribution in [3.63, 3.8) is 0 Å². The first kappa shape index (κ1) is 17.7. The Morgan fingerprint density at radius 1 is 1.00 bits per heavy atom. The molecule has 0 saturated carbocycles. The average Bonchev–Trinajstić information content (AvgIpc) is 2.67. The Morgan fingerprint density at radius 2 is 1.64 bits per heavy atom. The second kappa shape index (κ2) is 7.83. The van der Waals surface area contributed by atoms with Crippen LogP contribution in [0.3, 0.4) is 0 Å². The average molecular weight is 338 g/mol. The molecule has 3 heteroatoms. The largest absolute Gasteiger partial charge is 0.487 e. The number of rotatable bonds is 6. The van der Waals surface area contributed by atoms with E-state index in [1.54, 1.807) is 0 Å². The molecular weight excluding hydrogens is 310 g/mol. The number of likely N-dealkylation sites (N-methyl/N-ethyl adjacent to an activating group) is 1. The van der Waals surface area contributed by atoms with E-state index in [1.165, 1.54) is 32.4 Å². The lowest BCUT2D eigenvalue weighted by molar-refractivity contribution is -0.935. The van der Waals surface area contributed by atoms with Gasteiger partial charge in [-0.15, -0.1) is 0 Å². The van der Waals surface area contributed by atoms with Gasteiger partial charge < -0.3 is 9.22 Å². The fraction of sp³-hybridized carbons (Fsp3) is 0.409. The first-order chi connectivity index (χ1) is 12.1. The molecular formula is C22H28NO2+. The van der Waals surface area contributed by atoms with Gasteiger partial charge in [0, 0.05) is 5.56 Å². The molecule has 1 fully saturated rings. The highest BCUT2D eigenvalue weighted by atomic mass is 16.5. The van der Waals surface area contributed by atoms with Crippen LogP contribution in [0.1, 0.15) is 42.1 Å². The van der Waals surface area contributed by atoms with Gasteiger partial charge in [0.05, 0.1) is 25.7 Å². The van der Waals surface area contributed by atoms with E-state index >= 15 is 0 Å². The molecule has 3 nitrogen and oxygen atoms in total. The van der Waals surface area contributed by atoms with Crippen molar-refractivity contribution < 1.29 is 14.0 Å². The van der Waals surface area contributed by atoms with E-state index in [-0.39, 0.29) is 5.78 Å². The number of nitrogens with zero attached hydrogens (tertiary/aromatic N) is 1. The van der Waals surface area contributed by atoms with Crippen LogP contribution >= 0.6 is 0 Å². The van der Waals surface area contributed by atoms with Crippen molar-refractivity contribution in [3.8, 4) is 5.75 Å². The number of carbonyl (C=O) groups excluding carboxylic acids is 1. The topological polar surface area (TPSA) is 26.3 Å². The van der Waals surface area contributed by atoms with Crippen molar-refractivity contribution in [1.29, 1.82) is 0 Å². The van der Waals surface area contributed by atoms with Crippen molar-refractivity contribution in [3.05, 3.63) is 65.7 Å². The van der Waals surface area contributed by atoms with Crippen LogP contribution in [0.25, 0.3) is 0 Å². The Kier molecular flexibility index (Phi) is 5.54. The molecule has 2 aromatic carbocycles. The molecule has 0 radical (unpaired) electrons. The summed E-state index contributed by atoms with van der Waals surface area (Å²) in [5.74, 6) is 0.703. The van der Waals surface area contributed by atoms with Crippen molar-refractivity contribution in [2.75, 3.05) is 26.7 Å². The van der Waals surface area contributed by atoms with Gasteiger partial charge in [-0.05, 0) is 38.3 Å². The van der Waals surface area contributed by atoms with E-state index in [0.29, 0.717) is 29.5 Å². The second-order valence-electron chi connectivity index (χ2n) is 7.34. The van der Waals surface area contributed by atoms with Crippen LogP contribution in [0.2, 0.25) is 0 Å². The molecule has 25 heavy (non-hydrogen) atoms. The van der Waals surface area contributed by atoms with E-state index in [1.807, 2.05) is 54.6 Å². The summed E-state index contributed by atoms with van der Waals surface area (Å²) in [6, 6.07) is 17.4. The highest BCUT2D eigenvalue weighted by Crippen LogP contribution is 2.24. The fourth-order valence-corrected chi connectivity index (χ4v) is 3.59. The van der Waals surface area contributed by atoms with E-state index in [4.69, 9.17) is 4.74 Å². The second-order valence-corrected chi connectivity index (χ2v) is 7.34. The number of para-hydroxylation sites is 1. The molecule has 1 aliphatic rings. The predicted molar refractivity (Wildman–Crippen MR) is 101 cm³/mol.